The second-order valence-electron chi connectivity index (χ2n) is 3.42. The summed E-state index contributed by atoms with van der Waals surface area (Å²) in [4.78, 5) is 2.07. The van der Waals surface area contributed by atoms with E-state index < -0.39 is 0 Å². The molecule has 2 aromatic rings. The molecule has 0 saturated heterocycles. The predicted molar refractivity (Wildman–Crippen MR) is 73.8 cm³/mol. The van der Waals surface area contributed by atoms with E-state index in [1.54, 1.807) is 23.9 Å². The second kappa shape index (κ2) is 5.26. The van der Waals surface area contributed by atoms with Crippen LogP contribution in [0.4, 0.5) is 5.69 Å². The molecule has 2 aromatic carbocycles. The SMILES string of the molecule is N#Cc1ccc(Sc2cccc(Br)c2)c(N)c1. The Labute approximate surface area is 113 Å². The number of halogens is 1. The maximum Gasteiger partial charge on any atom is 0.0992 e. The monoisotopic (exact) mass is 304 g/mol. The zero-order chi connectivity index (χ0) is 12.3. The standard InChI is InChI=1S/C13H9BrN2S/c14-10-2-1-3-11(7-10)17-13-5-4-9(8-15)6-12(13)16/h1-7H,16H2. The molecule has 84 valence electrons. The molecular weight excluding hydrogens is 296 g/mol. The molecule has 0 spiro atoms. The summed E-state index contributed by atoms with van der Waals surface area (Å²) in [6.45, 7) is 0. The second-order valence-corrected chi connectivity index (χ2v) is 5.45. The summed E-state index contributed by atoms with van der Waals surface area (Å²) < 4.78 is 1.04. The molecule has 0 aliphatic carbocycles. The van der Waals surface area contributed by atoms with Crippen molar-refractivity contribution in [3.05, 3.63) is 52.5 Å². The van der Waals surface area contributed by atoms with Gasteiger partial charge in [0.2, 0.25) is 0 Å². The quantitative estimate of drug-likeness (QED) is 0.851. The molecule has 4 heteroatoms. The van der Waals surface area contributed by atoms with Crippen LogP contribution in [0.5, 0.6) is 0 Å². The lowest BCUT2D eigenvalue weighted by molar-refractivity contribution is 1.38. The first kappa shape index (κ1) is 12.0. The summed E-state index contributed by atoms with van der Waals surface area (Å²) in [5.74, 6) is 0. The van der Waals surface area contributed by atoms with Crippen LogP contribution in [0, 0.1) is 11.3 Å². The van der Waals surface area contributed by atoms with E-state index in [0.717, 1.165) is 14.3 Å². The highest BCUT2D eigenvalue weighted by molar-refractivity contribution is 9.10. The van der Waals surface area contributed by atoms with Gasteiger partial charge in [-0.05, 0) is 36.4 Å². The van der Waals surface area contributed by atoms with E-state index in [0.29, 0.717) is 11.3 Å². The normalized spacial score (nSPS) is 9.88. The van der Waals surface area contributed by atoms with Crippen molar-refractivity contribution in [1.82, 2.24) is 0 Å². The molecule has 0 bridgehead atoms. The van der Waals surface area contributed by atoms with Gasteiger partial charge >= 0.3 is 0 Å². The molecule has 0 heterocycles. The summed E-state index contributed by atoms with van der Waals surface area (Å²) in [7, 11) is 0. The van der Waals surface area contributed by atoms with Crippen molar-refractivity contribution in [2.75, 3.05) is 5.73 Å². The van der Waals surface area contributed by atoms with Gasteiger partial charge < -0.3 is 5.73 Å². The molecule has 0 atom stereocenters. The van der Waals surface area contributed by atoms with Gasteiger partial charge in [0.15, 0.2) is 0 Å². The van der Waals surface area contributed by atoms with E-state index in [2.05, 4.69) is 22.0 Å². The van der Waals surface area contributed by atoms with Crippen LogP contribution in [0.15, 0.2) is 56.7 Å². The number of hydrogen-bond acceptors (Lipinski definition) is 3. The molecule has 2 rings (SSSR count). The number of hydrogen-bond donors (Lipinski definition) is 1. The summed E-state index contributed by atoms with van der Waals surface area (Å²) in [5.41, 5.74) is 7.12. The number of nitrogens with two attached hydrogens (primary N) is 1. The third-order valence-corrected chi connectivity index (χ3v) is 3.74. The number of rotatable bonds is 2. The highest BCUT2D eigenvalue weighted by Crippen LogP contribution is 2.33. The van der Waals surface area contributed by atoms with Crippen molar-refractivity contribution in [2.24, 2.45) is 0 Å². The molecule has 0 aliphatic heterocycles. The van der Waals surface area contributed by atoms with E-state index in [1.165, 1.54) is 0 Å². The van der Waals surface area contributed by atoms with Crippen LogP contribution in [0.25, 0.3) is 0 Å². The highest BCUT2D eigenvalue weighted by atomic mass is 79.9. The van der Waals surface area contributed by atoms with Gasteiger partial charge in [0.25, 0.3) is 0 Å². The van der Waals surface area contributed by atoms with Crippen molar-refractivity contribution in [3.8, 4) is 6.07 Å². The van der Waals surface area contributed by atoms with Gasteiger partial charge in [-0.3, -0.25) is 0 Å². The Morgan fingerprint density at radius 2 is 2.00 bits per heavy atom. The molecule has 0 saturated carbocycles. The molecule has 17 heavy (non-hydrogen) atoms. The minimum absolute atomic E-state index is 0.584. The first-order valence-electron chi connectivity index (χ1n) is 4.92. The highest BCUT2D eigenvalue weighted by Gasteiger charge is 2.03. The Hall–Kier alpha value is -1.44. The zero-order valence-electron chi connectivity index (χ0n) is 8.85. The number of nitrogen functional groups attached to an aromatic ring is 1. The van der Waals surface area contributed by atoms with E-state index in [4.69, 9.17) is 11.0 Å². The molecule has 2 N–H and O–H groups in total. The summed E-state index contributed by atoms with van der Waals surface area (Å²) in [6.07, 6.45) is 0. The maximum atomic E-state index is 8.76. The number of nitrogens with zero attached hydrogens (tertiary/aromatic N) is 1. The van der Waals surface area contributed by atoms with E-state index >= 15 is 0 Å². The minimum atomic E-state index is 0.584. The largest absolute Gasteiger partial charge is 0.398 e. The fourth-order valence-electron chi connectivity index (χ4n) is 1.37. The van der Waals surface area contributed by atoms with Crippen LogP contribution in [-0.4, -0.2) is 0 Å². The average Bonchev–Trinajstić information content (AvgIpc) is 2.32. The molecule has 2 nitrogen and oxygen atoms in total. The predicted octanol–water partition coefficient (Wildman–Crippen LogP) is 4.05. The molecule has 0 fully saturated rings. The Kier molecular flexibility index (Phi) is 3.72. The summed E-state index contributed by atoms with van der Waals surface area (Å²) >= 11 is 5.01. The van der Waals surface area contributed by atoms with Gasteiger partial charge in [0.05, 0.1) is 11.6 Å². The summed E-state index contributed by atoms with van der Waals surface area (Å²) in [6, 6.07) is 15.4. The molecule has 0 radical (unpaired) electrons. The first-order chi connectivity index (χ1) is 8.19. The molecule has 0 unspecified atom stereocenters. The zero-order valence-corrected chi connectivity index (χ0v) is 11.3. The molecular formula is C13H9BrN2S. The third-order valence-electron chi connectivity index (χ3n) is 2.16. The van der Waals surface area contributed by atoms with Gasteiger partial charge in [-0.2, -0.15) is 5.26 Å². The van der Waals surface area contributed by atoms with E-state index in [9.17, 15) is 0 Å². The topological polar surface area (TPSA) is 49.8 Å². The van der Waals surface area contributed by atoms with E-state index in [-0.39, 0.29) is 0 Å². The molecule has 0 aliphatic rings. The Morgan fingerprint density at radius 1 is 1.18 bits per heavy atom. The first-order valence-corrected chi connectivity index (χ1v) is 6.53. The lowest BCUT2D eigenvalue weighted by Crippen LogP contribution is -1.89. The van der Waals surface area contributed by atoms with Crippen molar-refractivity contribution in [1.29, 1.82) is 5.26 Å². The van der Waals surface area contributed by atoms with Crippen molar-refractivity contribution in [3.63, 3.8) is 0 Å². The van der Waals surface area contributed by atoms with Crippen LogP contribution < -0.4 is 5.73 Å². The van der Waals surface area contributed by atoms with Gasteiger partial charge in [0.1, 0.15) is 0 Å². The van der Waals surface area contributed by atoms with Crippen LogP contribution >= 0.6 is 27.7 Å². The maximum absolute atomic E-state index is 8.76. The Morgan fingerprint density at radius 3 is 2.65 bits per heavy atom. The lowest BCUT2D eigenvalue weighted by Gasteiger charge is -2.05. The fourth-order valence-corrected chi connectivity index (χ4v) is 2.82. The van der Waals surface area contributed by atoms with Gasteiger partial charge in [0, 0.05) is 20.0 Å². The van der Waals surface area contributed by atoms with Gasteiger partial charge in [-0.15, -0.1) is 0 Å². The van der Waals surface area contributed by atoms with Gasteiger partial charge in [-0.25, -0.2) is 0 Å². The van der Waals surface area contributed by atoms with Crippen LogP contribution in [-0.2, 0) is 0 Å². The van der Waals surface area contributed by atoms with Gasteiger partial charge in [-0.1, -0.05) is 33.8 Å². The van der Waals surface area contributed by atoms with Crippen LogP contribution in [0.2, 0.25) is 0 Å². The van der Waals surface area contributed by atoms with Crippen LogP contribution in [0.3, 0.4) is 0 Å². The number of nitriles is 1. The Balaban J connectivity index is 2.28. The third kappa shape index (κ3) is 3.02. The summed E-state index contributed by atoms with van der Waals surface area (Å²) in [5, 5.41) is 8.76. The minimum Gasteiger partial charge on any atom is -0.398 e. The average molecular weight is 305 g/mol. The van der Waals surface area contributed by atoms with Crippen molar-refractivity contribution < 1.29 is 0 Å². The van der Waals surface area contributed by atoms with Crippen molar-refractivity contribution in [2.45, 2.75) is 9.79 Å². The van der Waals surface area contributed by atoms with Crippen LogP contribution in [0.1, 0.15) is 5.56 Å². The van der Waals surface area contributed by atoms with Crippen molar-refractivity contribution >= 4 is 33.4 Å². The lowest BCUT2D eigenvalue weighted by atomic mass is 10.2. The molecule has 0 amide bonds. The fraction of sp³-hybridized carbons (Fsp3) is 0. The Bertz CT molecular complexity index is 590. The van der Waals surface area contributed by atoms with E-state index in [1.807, 2.05) is 30.3 Å². The smallest absolute Gasteiger partial charge is 0.0992 e. The molecule has 0 aromatic heterocycles. The number of anilines is 1. The number of benzene rings is 2.